The van der Waals surface area contributed by atoms with Crippen LogP contribution in [0.25, 0.3) is 6.08 Å². The summed E-state index contributed by atoms with van der Waals surface area (Å²) in [6, 6.07) is 9.81. The van der Waals surface area contributed by atoms with Crippen LogP contribution in [-0.2, 0) is 6.54 Å². The van der Waals surface area contributed by atoms with Crippen LogP contribution in [0, 0.1) is 0 Å². The lowest BCUT2D eigenvalue weighted by Crippen LogP contribution is -2.20. The van der Waals surface area contributed by atoms with E-state index in [1.54, 1.807) is 0 Å². The van der Waals surface area contributed by atoms with Crippen molar-refractivity contribution in [1.82, 2.24) is 9.55 Å². The van der Waals surface area contributed by atoms with Gasteiger partial charge in [-0.2, -0.15) is 0 Å². The first-order valence-electron chi connectivity index (χ1n) is 5.30. The van der Waals surface area contributed by atoms with Gasteiger partial charge in [0, 0.05) is 6.54 Å². The maximum Gasteiger partial charge on any atom is 0.273 e. The van der Waals surface area contributed by atoms with E-state index in [9.17, 15) is 4.79 Å². The Morgan fingerprint density at radius 1 is 1.22 bits per heavy atom. The van der Waals surface area contributed by atoms with Gasteiger partial charge in [-0.25, -0.2) is 4.98 Å². The third-order valence-electron chi connectivity index (χ3n) is 2.35. The topological polar surface area (TPSA) is 34.9 Å². The number of hydrogen-bond donors (Lipinski definition) is 0. The molecular formula is C13H10Cl2N2O. The first-order valence-corrected chi connectivity index (χ1v) is 6.06. The van der Waals surface area contributed by atoms with Gasteiger partial charge in [0.1, 0.15) is 5.02 Å². The standard InChI is InChI=1S/C13H10Cl2N2O/c14-11-12(15)16-9-17(13(11)18)8-4-7-10-5-2-1-3-6-10/h1-7,9H,8H2/b7-4+. The van der Waals surface area contributed by atoms with E-state index in [2.05, 4.69) is 4.98 Å². The van der Waals surface area contributed by atoms with Crippen molar-refractivity contribution >= 4 is 29.3 Å². The molecule has 0 aliphatic rings. The van der Waals surface area contributed by atoms with Gasteiger partial charge < -0.3 is 0 Å². The molecular weight excluding hydrogens is 271 g/mol. The molecule has 0 radical (unpaired) electrons. The van der Waals surface area contributed by atoms with Crippen LogP contribution in [0.5, 0.6) is 0 Å². The predicted octanol–water partition coefficient (Wildman–Crippen LogP) is 3.26. The van der Waals surface area contributed by atoms with Gasteiger partial charge in [-0.3, -0.25) is 9.36 Å². The molecule has 2 rings (SSSR count). The first kappa shape index (κ1) is 12.9. The number of benzene rings is 1. The van der Waals surface area contributed by atoms with Crippen molar-refractivity contribution in [2.24, 2.45) is 0 Å². The fraction of sp³-hybridized carbons (Fsp3) is 0.0769. The highest BCUT2D eigenvalue weighted by Crippen LogP contribution is 2.12. The van der Waals surface area contributed by atoms with Crippen molar-refractivity contribution in [3.05, 3.63) is 68.8 Å². The minimum Gasteiger partial charge on any atom is -0.294 e. The van der Waals surface area contributed by atoms with Gasteiger partial charge in [0.15, 0.2) is 5.15 Å². The summed E-state index contributed by atoms with van der Waals surface area (Å²) in [5.41, 5.74) is 0.730. The molecule has 0 N–H and O–H groups in total. The van der Waals surface area contributed by atoms with Gasteiger partial charge in [0.05, 0.1) is 6.33 Å². The Balaban J connectivity index is 2.14. The molecule has 0 saturated heterocycles. The summed E-state index contributed by atoms with van der Waals surface area (Å²) in [5, 5.41) is -0.0165. The Bertz CT molecular complexity index is 621. The zero-order valence-corrected chi connectivity index (χ0v) is 10.9. The molecule has 0 bridgehead atoms. The highest BCUT2D eigenvalue weighted by Gasteiger charge is 2.05. The Hall–Kier alpha value is -1.58. The summed E-state index contributed by atoms with van der Waals surface area (Å²) in [6.07, 6.45) is 5.17. The maximum absolute atomic E-state index is 11.7. The van der Waals surface area contributed by atoms with E-state index in [0.717, 1.165) is 5.56 Å². The summed E-state index contributed by atoms with van der Waals surface area (Å²) in [6.45, 7) is 0.400. The van der Waals surface area contributed by atoms with Crippen LogP contribution in [0.15, 0.2) is 47.5 Å². The molecule has 1 heterocycles. The van der Waals surface area contributed by atoms with E-state index >= 15 is 0 Å². The smallest absolute Gasteiger partial charge is 0.273 e. The summed E-state index contributed by atoms with van der Waals surface area (Å²) in [4.78, 5) is 15.5. The van der Waals surface area contributed by atoms with Crippen LogP contribution in [0.2, 0.25) is 10.2 Å². The fourth-order valence-electron chi connectivity index (χ4n) is 1.44. The van der Waals surface area contributed by atoms with Gasteiger partial charge >= 0.3 is 0 Å². The predicted molar refractivity (Wildman–Crippen MR) is 74.0 cm³/mol. The van der Waals surface area contributed by atoms with Crippen LogP contribution in [-0.4, -0.2) is 9.55 Å². The average molecular weight is 281 g/mol. The molecule has 0 aliphatic heterocycles. The lowest BCUT2D eigenvalue weighted by atomic mass is 10.2. The van der Waals surface area contributed by atoms with Crippen LogP contribution in [0.1, 0.15) is 5.56 Å². The Morgan fingerprint density at radius 3 is 2.67 bits per heavy atom. The fourth-order valence-corrected chi connectivity index (χ4v) is 1.72. The van der Waals surface area contributed by atoms with Crippen LogP contribution < -0.4 is 5.56 Å². The number of allylic oxidation sites excluding steroid dienone is 1. The van der Waals surface area contributed by atoms with Crippen molar-refractivity contribution in [1.29, 1.82) is 0 Å². The molecule has 0 amide bonds. The van der Waals surface area contributed by atoms with E-state index in [0.29, 0.717) is 6.54 Å². The second-order valence-corrected chi connectivity index (χ2v) is 4.36. The molecule has 0 aliphatic carbocycles. The van der Waals surface area contributed by atoms with E-state index in [-0.39, 0.29) is 15.7 Å². The number of halogens is 2. The van der Waals surface area contributed by atoms with Gasteiger partial charge in [0.2, 0.25) is 0 Å². The molecule has 1 aromatic carbocycles. The molecule has 0 fully saturated rings. The van der Waals surface area contributed by atoms with E-state index in [1.807, 2.05) is 42.5 Å². The Labute approximate surface area is 114 Å². The van der Waals surface area contributed by atoms with Gasteiger partial charge in [-0.1, -0.05) is 65.7 Å². The SMILES string of the molecule is O=c1c(Cl)c(Cl)ncn1C/C=C/c1ccccc1. The lowest BCUT2D eigenvalue weighted by Gasteiger charge is -2.02. The summed E-state index contributed by atoms with van der Waals surface area (Å²) in [7, 11) is 0. The van der Waals surface area contributed by atoms with Crippen molar-refractivity contribution in [2.45, 2.75) is 6.54 Å². The molecule has 0 spiro atoms. The molecule has 5 heteroatoms. The zero-order chi connectivity index (χ0) is 13.0. The van der Waals surface area contributed by atoms with E-state index in [4.69, 9.17) is 23.2 Å². The molecule has 18 heavy (non-hydrogen) atoms. The minimum atomic E-state index is -0.339. The van der Waals surface area contributed by atoms with Crippen molar-refractivity contribution < 1.29 is 0 Å². The highest BCUT2D eigenvalue weighted by molar-refractivity contribution is 6.40. The number of rotatable bonds is 3. The average Bonchev–Trinajstić information content (AvgIpc) is 2.40. The summed E-state index contributed by atoms with van der Waals surface area (Å²) in [5.74, 6) is 0. The normalized spacial score (nSPS) is 11.0. The number of aromatic nitrogens is 2. The molecule has 0 unspecified atom stereocenters. The van der Waals surface area contributed by atoms with E-state index < -0.39 is 0 Å². The largest absolute Gasteiger partial charge is 0.294 e. The number of nitrogens with zero attached hydrogens (tertiary/aromatic N) is 2. The second kappa shape index (κ2) is 5.85. The molecule has 1 aromatic heterocycles. The van der Waals surface area contributed by atoms with Crippen molar-refractivity contribution in [3.8, 4) is 0 Å². The van der Waals surface area contributed by atoms with Crippen LogP contribution >= 0.6 is 23.2 Å². The third kappa shape index (κ3) is 3.00. The second-order valence-electron chi connectivity index (χ2n) is 3.62. The molecule has 92 valence electrons. The van der Waals surface area contributed by atoms with Gasteiger partial charge in [-0.15, -0.1) is 0 Å². The summed E-state index contributed by atoms with van der Waals surface area (Å²) >= 11 is 11.4. The third-order valence-corrected chi connectivity index (χ3v) is 3.08. The minimum absolute atomic E-state index is 0.0324. The van der Waals surface area contributed by atoms with Crippen molar-refractivity contribution in [3.63, 3.8) is 0 Å². The van der Waals surface area contributed by atoms with Crippen LogP contribution in [0.3, 0.4) is 0 Å². The molecule has 2 aromatic rings. The quantitative estimate of drug-likeness (QED) is 0.809. The molecule has 0 saturated carbocycles. The van der Waals surface area contributed by atoms with E-state index in [1.165, 1.54) is 10.9 Å². The Morgan fingerprint density at radius 2 is 1.94 bits per heavy atom. The van der Waals surface area contributed by atoms with Crippen molar-refractivity contribution in [2.75, 3.05) is 0 Å². The van der Waals surface area contributed by atoms with Gasteiger partial charge in [0.25, 0.3) is 5.56 Å². The van der Waals surface area contributed by atoms with Crippen LogP contribution in [0.4, 0.5) is 0 Å². The maximum atomic E-state index is 11.7. The molecule has 3 nitrogen and oxygen atoms in total. The number of hydrogen-bond acceptors (Lipinski definition) is 2. The Kier molecular flexibility index (Phi) is 4.18. The zero-order valence-electron chi connectivity index (χ0n) is 9.38. The van der Waals surface area contributed by atoms with Gasteiger partial charge in [-0.05, 0) is 5.56 Å². The first-order chi connectivity index (χ1) is 8.68. The summed E-state index contributed by atoms with van der Waals surface area (Å²) < 4.78 is 1.40. The highest BCUT2D eigenvalue weighted by atomic mass is 35.5. The lowest BCUT2D eigenvalue weighted by molar-refractivity contribution is 0.755. The molecule has 0 atom stereocenters. The monoisotopic (exact) mass is 280 g/mol.